The van der Waals surface area contributed by atoms with E-state index in [1.807, 2.05) is 13.0 Å². The van der Waals surface area contributed by atoms with Crippen LogP contribution in [0.3, 0.4) is 0 Å². The molecule has 0 aliphatic rings. The summed E-state index contributed by atoms with van der Waals surface area (Å²) in [6, 6.07) is 5.11. The van der Waals surface area contributed by atoms with Gasteiger partial charge in [-0.1, -0.05) is 5.92 Å². The highest BCUT2D eigenvalue weighted by molar-refractivity contribution is 5.36. The Morgan fingerprint density at radius 2 is 2.15 bits per heavy atom. The van der Waals surface area contributed by atoms with Crippen LogP contribution in [0.4, 0.5) is 0 Å². The first-order valence-electron chi connectivity index (χ1n) is 4.05. The molecule has 0 saturated carbocycles. The van der Waals surface area contributed by atoms with Gasteiger partial charge in [-0.3, -0.25) is 0 Å². The van der Waals surface area contributed by atoms with Crippen molar-refractivity contribution in [2.75, 3.05) is 6.61 Å². The Kier molecular flexibility index (Phi) is 3.22. The molecule has 2 nitrogen and oxygen atoms in total. The van der Waals surface area contributed by atoms with Crippen molar-refractivity contribution in [1.82, 2.24) is 0 Å². The maximum Gasteiger partial charge on any atom is 0.149 e. The number of aryl methyl sites for hydroxylation is 1. The molecular weight excluding hydrogens is 164 g/mol. The maximum atomic E-state index is 9.23. The highest BCUT2D eigenvalue weighted by Crippen LogP contribution is 2.20. The fraction of sp³-hybridized carbons (Fsp3) is 0.273. The van der Waals surface area contributed by atoms with E-state index in [-0.39, 0.29) is 5.75 Å². The zero-order valence-corrected chi connectivity index (χ0v) is 7.79. The molecule has 0 saturated heterocycles. The molecule has 0 unspecified atom stereocenters. The Labute approximate surface area is 78.2 Å². The van der Waals surface area contributed by atoms with E-state index in [4.69, 9.17) is 4.74 Å². The molecule has 0 atom stereocenters. The minimum Gasteiger partial charge on any atom is -0.508 e. The lowest BCUT2D eigenvalue weighted by Crippen LogP contribution is -1.93. The van der Waals surface area contributed by atoms with Crippen LogP contribution in [0.15, 0.2) is 18.2 Å². The largest absolute Gasteiger partial charge is 0.508 e. The summed E-state index contributed by atoms with van der Waals surface area (Å²) in [6.07, 6.45) is 0. The summed E-state index contributed by atoms with van der Waals surface area (Å²) in [5.41, 5.74) is 0.972. The van der Waals surface area contributed by atoms with Crippen LogP contribution in [-0.4, -0.2) is 11.7 Å². The molecule has 0 aromatic heterocycles. The van der Waals surface area contributed by atoms with E-state index in [9.17, 15) is 5.11 Å². The summed E-state index contributed by atoms with van der Waals surface area (Å²) in [5.74, 6) is 6.39. The lowest BCUT2D eigenvalue weighted by Gasteiger charge is -2.03. The predicted molar refractivity (Wildman–Crippen MR) is 51.8 cm³/mol. The second-order valence-electron chi connectivity index (χ2n) is 2.72. The van der Waals surface area contributed by atoms with Gasteiger partial charge in [0.25, 0.3) is 0 Å². The fourth-order valence-electron chi connectivity index (χ4n) is 1.00. The van der Waals surface area contributed by atoms with Crippen molar-refractivity contribution in [1.29, 1.82) is 0 Å². The monoisotopic (exact) mass is 176 g/mol. The number of rotatable bonds is 2. The average molecular weight is 176 g/mol. The third kappa shape index (κ3) is 3.08. The Balaban J connectivity index is 2.69. The molecule has 0 fully saturated rings. The topological polar surface area (TPSA) is 29.5 Å². The minimum atomic E-state index is 0.222. The van der Waals surface area contributed by atoms with Crippen LogP contribution in [-0.2, 0) is 0 Å². The average Bonchev–Trinajstić information content (AvgIpc) is 2.03. The van der Waals surface area contributed by atoms with Gasteiger partial charge in [0.15, 0.2) is 0 Å². The molecule has 0 heterocycles. The molecule has 0 spiro atoms. The number of benzene rings is 1. The summed E-state index contributed by atoms with van der Waals surface area (Å²) in [5, 5.41) is 9.23. The van der Waals surface area contributed by atoms with E-state index in [0.29, 0.717) is 12.4 Å². The van der Waals surface area contributed by atoms with Gasteiger partial charge in [-0.25, -0.2) is 0 Å². The SMILES string of the molecule is CC#CCOc1cc(C)cc(O)c1. The Bertz CT molecular complexity index is 325. The number of hydrogen-bond donors (Lipinski definition) is 1. The van der Waals surface area contributed by atoms with E-state index in [0.717, 1.165) is 5.56 Å². The molecule has 13 heavy (non-hydrogen) atoms. The van der Waals surface area contributed by atoms with E-state index >= 15 is 0 Å². The van der Waals surface area contributed by atoms with Crippen LogP contribution in [0.2, 0.25) is 0 Å². The Hall–Kier alpha value is -1.62. The van der Waals surface area contributed by atoms with Crippen molar-refractivity contribution >= 4 is 0 Å². The summed E-state index contributed by atoms with van der Waals surface area (Å²) in [6.45, 7) is 4.02. The number of phenolic OH excluding ortho intramolecular Hbond substituents is 1. The van der Waals surface area contributed by atoms with Gasteiger partial charge in [0.1, 0.15) is 18.1 Å². The zero-order valence-electron chi connectivity index (χ0n) is 7.79. The molecule has 0 radical (unpaired) electrons. The van der Waals surface area contributed by atoms with E-state index in [2.05, 4.69) is 11.8 Å². The standard InChI is InChI=1S/C11H12O2/c1-3-4-5-13-11-7-9(2)6-10(12)8-11/h6-8,12H,5H2,1-2H3. The third-order valence-corrected chi connectivity index (χ3v) is 1.52. The van der Waals surface area contributed by atoms with E-state index in [1.54, 1.807) is 19.1 Å². The van der Waals surface area contributed by atoms with E-state index < -0.39 is 0 Å². The molecule has 0 aliphatic carbocycles. The number of aromatic hydroxyl groups is 1. The highest BCUT2D eigenvalue weighted by atomic mass is 16.5. The van der Waals surface area contributed by atoms with Crippen LogP contribution in [0.25, 0.3) is 0 Å². The molecular formula is C11H12O2. The second kappa shape index (κ2) is 4.42. The van der Waals surface area contributed by atoms with Gasteiger partial charge in [0.05, 0.1) is 0 Å². The highest BCUT2D eigenvalue weighted by Gasteiger charge is 1.96. The molecule has 1 N–H and O–H groups in total. The number of ether oxygens (including phenoxy) is 1. The summed E-state index contributed by atoms with van der Waals surface area (Å²) in [7, 11) is 0. The van der Waals surface area contributed by atoms with E-state index in [1.165, 1.54) is 0 Å². The second-order valence-corrected chi connectivity index (χ2v) is 2.72. The lowest BCUT2D eigenvalue weighted by molar-refractivity contribution is 0.366. The first kappa shape index (κ1) is 9.47. The smallest absolute Gasteiger partial charge is 0.149 e. The Morgan fingerprint density at radius 3 is 2.77 bits per heavy atom. The van der Waals surface area contributed by atoms with Crippen molar-refractivity contribution in [2.24, 2.45) is 0 Å². The van der Waals surface area contributed by atoms with Crippen molar-refractivity contribution in [2.45, 2.75) is 13.8 Å². The van der Waals surface area contributed by atoms with Crippen LogP contribution >= 0.6 is 0 Å². The molecule has 1 rings (SSSR count). The summed E-state index contributed by atoms with van der Waals surface area (Å²) < 4.78 is 5.27. The van der Waals surface area contributed by atoms with Gasteiger partial charge >= 0.3 is 0 Å². The quantitative estimate of drug-likeness (QED) is 0.699. The summed E-state index contributed by atoms with van der Waals surface area (Å²) >= 11 is 0. The molecule has 0 bridgehead atoms. The lowest BCUT2D eigenvalue weighted by atomic mass is 10.2. The number of hydrogen-bond acceptors (Lipinski definition) is 2. The van der Waals surface area contributed by atoms with Crippen LogP contribution in [0.5, 0.6) is 11.5 Å². The van der Waals surface area contributed by atoms with Crippen molar-refractivity contribution < 1.29 is 9.84 Å². The molecule has 2 heteroatoms. The fourth-order valence-corrected chi connectivity index (χ4v) is 1.00. The van der Waals surface area contributed by atoms with Crippen LogP contribution in [0.1, 0.15) is 12.5 Å². The van der Waals surface area contributed by atoms with Crippen molar-refractivity contribution in [3.63, 3.8) is 0 Å². The van der Waals surface area contributed by atoms with Crippen molar-refractivity contribution in [3.8, 4) is 23.3 Å². The summed E-state index contributed by atoms with van der Waals surface area (Å²) in [4.78, 5) is 0. The van der Waals surface area contributed by atoms with Gasteiger partial charge in [0, 0.05) is 6.07 Å². The van der Waals surface area contributed by atoms with Gasteiger partial charge in [-0.2, -0.15) is 0 Å². The molecule has 1 aromatic carbocycles. The zero-order chi connectivity index (χ0) is 9.68. The molecule has 0 aliphatic heterocycles. The first-order chi connectivity index (χ1) is 6.22. The van der Waals surface area contributed by atoms with Gasteiger partial charge < -0.3 is 9.84 Å². The normalized spacial score (nSPS) is 8.77. The van der Waals surface area contributed by atoms with Crippen molar-refractivity contribution in [3.05, 3.63) is 23.8 Å². The van der Waals surface area contributed by atoms with Gasteiger partial charge in [-0.05, 0) is 31.5 Å². The van der Waals surface area contributed by atoms with Crippen LogP contribution < -0.4 is 4.74 Å². The maximum absolute atomic E-state index is 9.23. The van der Waals surface area contributed by atoms with Gasteiger partial charge in [-0.15, -0.1) is 5.92 Å². The molecule has 68 valence electrons. The third-order valence-electron chi connectivity index (χ3n) is 1.52. The molecule has 1 aromatic rings. The Morgan fingerprint density at radius 1 is 1.38 bits per heavy atom. The number of phenols is 1. The van der Waals surface area contributed by atoms with Crippen LogP contribution in [0, 0.1) is 18.8 Å². The van der Waals surface area contributed by atoms with Gasteiger partial charge in [0.2, 0.25) is 0 Å². The molecule has 0 amide bonds. The first-order valence-corrected chi connectivity index (χ1v) is 4.05. The minimum absolute atomic E-state index is 0.222. The predicted octanol–water partition coefficient (Wildman–Crippen LogP) is 2.10.